The van der Waals surface area contributed by atoms with E-state index >= 15 is 0 Å². The molecule has 0 spiro atoms. The SMILES string of the molecule is O=C(O)[C@@H](CS)N(C(=O)OCC1c2ccccc2-c2ccccc21)C(c1ccccc1)(c1ccccc1)c1ccccc1. The van der Waals surface area contributed by atoms with Crippen LogP contribution in [0.25, 0.3) is 11.1 Å². The highest BCUT2D eigenvalue weighted by molar-refractivity contribution is 7.80. The molecule has 0 bridgehead atoms. The van der Waals surface area contributed by atoms with Crippen LogP contribution in [0, 0.1) is 0 Å². The van der Waals surface area contributed by atoms with E-state index in [-0.39, 0.29) is 18.3 Å². The number of benzene rings is 5. The van der Waals surface area contributed by atoms with Crippen molar-refractivity contribution in [1.29, 1.82) is 0 Å². The summed E-state index contributed by atoms with van der Waals surface area (Å²) in [5.41, 5.74) is 5.23. The molecule has 5 nitrogen and oxygen atoms in total. The summed E-state index contributed by atoms with van der Waals surface area (Å²) >= 11 is 4.46. The second kappa shape index (κ2) is 12.2. The molecule has 6 heteroatoms. The number of aliphatic carboxylic acids is 1. The Morgan fingerprint density at radius 2 is 1.07 bits per heavy atom. The van der Waals surface area contributed by atoms with Crippen LogP contribution in [0.4, 0.5) is 4.79 Å². The summed E-state index contributed by atoms with van der Waals surface area (Å²) in [6.07, 6.45) is -0.736. The Morgan fingerprint density at radius 1 is 0.674 bits per heavy atom. The lowest BCUT2D eigenvalue weighted by molar-refractivity contribution is -0.143. The van der Waals surface area contributed by atoms with E-state index in [1.807, 2.05) is 115 Å². The minimum absolute atomic E-state index is 0.0523. The van der Waals surface area contributed by atoms with E-state index in [9.17, 15) is 14.7 Å². The number of carboxylic acid groups (broad SMARTS) is 1. The van der Waals surface area contributed by atoms with Crippen molar-refractivity contribution >= 4 is 24.7 Å². The minimum Gasteiger partial charge on any atom is -0.480 e. The molecule has 43 heavy (non-hydrogen) atoms. The molecule has 1 aliphatic carbocycles. The molecule has 1 N–H and O–H groups in total. The third-order valence-corrected chi connectivity index (χ3v) is 8.58. The highest BCUT2D eigenvalue weighted by atomic mass is 32.1. The number of carboxylic acids is 1. The van der Waals surface area contributed by atoms with E-state index in [0.29, 0.717) is 0 Å². The van der Waals surface area contributed by atoms with Gasteiger partial charge in [0, 0.05) is 11.7 Å². The summed E-state index contributed by atoms with van der Waals surface area (Å²) in [5, 5.41) is 10.5. The van der Waals surface area contributed by atoms with Crippen LogP contribution in [0.3, 0.4) is 0 Å². The standard InChI is InChI=1S/C37H31NO4S/c39-35(40)34(25-43)38(36(41)42-24-33-31-22-12-10-20-29(31)30-21-11-13-23-32(30)33)37(26-14-4-1-5-15-26,27-16-6-2-7-17-27)28-18-8-3-9-19-28/h1-23,33-34,43H,24-25H2,(H,39,40)/t34-/m1/s1. The van der Waals surface area contributed by atoms with Crippen molar-refractivity contribution < 1.29 is 19.4 Å². The van der Waals surface area contributed by atoms with Crippen molar-refractivity contribution in [1.82, 2.24) is 4.90 Å². The van der Waals surface area contributed by atoms with Gasteiger partial charge in [-0.2, -0.15) is 12.6 Å². The van der Waals surface area contributed by atoms with Crippen molar-refractivity contribution in [3.63, 3.8) is 0 Å². The van der Waals surface area contributed by atoms with Crippen LogP contribution in [0.15, 0.2) is 140 Å². The van der Waals surface area contributed by atoms with Crippen molar-refractivity contribution in [2.45, 2.75) is 17.5 Å². The number of amides is 1. The molecule has 214 valence electrons. The monoisotopic (exact) mass is 585 g/mol. The molecule has 0 fully saturated rings. The Kier molecular flexibility index (Phi) is 8.03. The van der Waals surface area contributed by atoms with Gasteiger partial charge >= 0.3 is 12.1 Å². The number of ether oxygens (including phenoxy) is 1. The fraction of sp³-hybridized carbons (Fsp3) is 0.135. The molecule has 6 rings (SSSR count). The largest absolute Gasteiger partial charge is 0.480 e. The van der Waals surface area contributed by atoms with Gasteiger partial charge in [-0.15, -0.1) is 0 Å². The topological polar surface area (TPSA) is 66.8 Å². The first-order valence-corrected chi connectivity index (χ1v) is 14.8. The van der Waals surface area contributed by atoms with E-state index in [0.717, 1.165) is 38.9 Å². The van der Waals surface area contributed by atoms with E-state index in [2.05, 4.69) is 36.9 Å². The van der Waals surface area contributed by atoms with Crippen molar-refractivity contribution in [2.75, 3.05) is 12.4 Å². The molecular formula is C37H31NO4S. The molecule has 0 unspecified atom stereocenters. The smallest absolute Gasteiger partial charge is 0.411 e. The third kappa shape index (κ3) is 4.98. The normalized spacial score (nSPS) is 13.0. The Morgan fingerprint density at radius 3 is 1.47 bits per heavy atom. The Balaban J connectivity index is 1.51. The average Bonchev–Trinajstić information content (AvgIpc) is 3.38. The van der Waals surface area contributed by atoms with Gasteiger partial charge in [-0.3, -0.25) is 4.90 Å². The van der Waals surface area contributed by atoms with Crippen LogP contribution < -0.4 is 0 Å². The van der Waals surface area contributed by atoms with Crippen LogP contribution in [-0.4, -0.2) is 40.5 Å². The quantitative estimate of drug-likeness (QED) is 0.138. The molecule has 0 aromatic heterocycles. The van der Waals surface area contributed by atoms with E-state index in [1.165, 1.54) is 4.90 Å². The highest BCUT2D eigenvalue weighted by Gasteiger charge is 2.50. The Bertz CT molecular complexity index is 1580. The first-order chi connectivity index (χ1) is 21.1. The lowest BCUT2D eigenvalue weighted by Gasteiger charge is -2.47. The third-order valence-electron chi connectivity index (χ3n) is 8.24. The van der Waals surface area contributed by atoms with E-state index in [4.69, 9.17) is 4.74 Å². The fourth-order valence-corrected chi connectivity index (χ4v) is 6.71. The van der Waals surface area contributed by atoms with Gasteiger partial charge in [0.25, 0.3) is 0 Å². The molecule has 1 amide bonds. The molecule has 0 saturated heterocycles. The molecule has 0 radical (unpaired) electrons. The van der Waals surface area contributed by atoms with Gasteiger partial charge in [-0.1, -0.05) is 140 Å². The molecule has 1 aliphatic rings. The first-order valence-electron chi connectivity index (χ1n) is 14.2. The maximum Gasteiger partial charge on any atom is 0.411 e. The van der Waals surface area contributed by atoms with Crippen LogP contribution in [0.1, 0.15) is 33.7 Å². The maximum absolute atomic E-state index is 14.6. The number of rotatable bonds is 9. The van der Waals surface area contributed by atoms with Crippen molar-refractivity contribution in [3.8, 4) is 11.1 Å². The lowest BCUT2D eigenvalue weighted by Crippen LogP contribution is -2.59. The second-order valence-corrected chi connectivity index (χ2v) is 10.9. The van der Waals surface area contributed by atoms with Gasteiger partial charge in [-0.05, 0) is 38.9 Å². The fourth-order valence-electron chi connectivity index (χ4n) is 6.39. The van der Waals surface area contributed by atoms with E-state index in [1.54, 1.807) is 0 Å². The van der Waals surface area contributed by atoms with Gasteiger partial charge in [0.2, 0.25) is 0 Å². The van der Waals surface area contributed by atoms with Crippen LogP contribution in [0.5, 0.6) is 0 Å². The Hall–Kier alpha value is -4.81. The van der Waals surface area contributed by atoms with Crippen LogP contribution >= 0.6 is 12.6 Å². The molecular weight excluding hydrogens is 554 g/mol. The summed E-state index contributed by atoms with van der Waals surface area (Å²) in [4.78, 5) is 28.9. The highest BCUT2D eigenvalue weighted by Crippen LogP contribution is 2.46. The van der Waals surface area contributed by atoms with Gasteiger partial charge in [0.05, 0.1) is 0 Å². The zero-order valence-electron chi connectivity index (χ0n) is 23.4. The summed E-state index contributed by atoms with van der Waals surface area (Å²) in [7, 11) is 0. The minimum atomic E-state index is -1.34. The zero-order chi connectivity index (χ0) is 29.8. The summed E-state index contributed by atoms with van der Waals surface area (Å²) < 4.78 is 6.19. The molecule has 5 aromatic rings. The number of carbonyl (C=O) groups is 2. The number of hydrogen-bond acceptors (Lipinski definition) is 4. The lowest BCUT2D eigenvalue weighted by atomic mass is 9.75. The van der Waals surface area contributed by atoms with Gasteiger partial charge < -0.3 is 9.84 Å². The summed E-state index contributed by atoms with van der Waals surface area (Å²) in [6.45, 7) is 0.0523. The van der Waals surface area contributed by atoms with Crippen LogP contribution in [0.2, 0.25) is 0 Å². The molecule has 5 aromatic carbocycles. The first kappa shape index (κ1) is 28.3. The van der Waals surface area contributed by atoms with Crippen molar-refractivity contribution in [3.05, 3.63) is 167 Å². The number of nitrogens with zero attached hydrogens (tertiary/aromatic N) is 1. The Labute approximate surface area is 256 Å². The maximum atomic E-state index is 14.6. The van der Waals surface area contributed by atoms with Gasteiger partial charge in [0.15, 0.2) is 0 Å². The number of carbonyl (C=O) groups excluding carboxylic acids is 1. The molecule has 1 atom stereocenters. The number of thiol groups is 1. The predicted octanol–water partition coefficient (Wildman–Crippen LogP) is 7.61. The van der Waals surface area contributed by atoms with Crippen LogP contribution in [-0.2, 0) is 15.1 Å². The number of hydrogen-bond donors (Lipinski definition) is 2. The number of fused-ring (bicyclic) bond motifs is 3. The molecule has 0 saturated carbocycles. The second-order valence-electron chi connectivity index (χ2n) is 10.5. The summed E-state index contributed by atoms with van der Waals surface area (Å²) in [6, 6.07) is 43.5. The summed E-state index contributed by atoms with van der Waals surface area (Å²) in [5.74, 6) is -1.47. The van der Waals surface area contributed by atoms with E-state index < -0.39 is 23.6 Å². The van der Waals surface area contributed by atoms with Gasteiger partial charge in [0.1, 0.15) is 18.2 Å². The van der Waals surface area contributed by atoms with Crippen molar-refractivity contribution in [2.24, 2.45) is 0 Å². The average molecular weight is 586 g/mol. The molecule has 0 aliphatic heterocycles. The predicted molar refractivity (Wildman–Crippen MR) is 171 cm³/mol. The molecule has 0 heterocycles. The zero-order valence-corrected chi connectivity index (χ0v) is 24.3. The van der Waals surface area contributed by atoms with Gasteiger partial charge in [-0.25, -0.2) is 9.59 Å².